The topological polar surface area (TPSA) is 85.7 Å². The monoisotopic (exact) mass is 336 g/mol. The minimum atomic E-state index is 0.283. The molecule has 0 aliphatic carbocycles. The lowest BCUT2D eigenvalue weighted by Crippen LogP contribution is -2.22. The smallest absolute Gasteiger partial charge is 0.216 e. The summed E-state index contributed by atoms with van der Waals surface area (Å²) in [5.41, 5.74) is 7.58. The molecular formula is C19H20N4O2. The lowest BCUT2D eigenvalue weighted by atomic mass is 10.3. The Balaban J connectivity index is 1.63. The first kappa shape index (κ1) is 16.6. The Bertz CT molecular complexity index is 853. The molecule has 3 N–H and O–H groups in total. The molecule has 2 aromatic carbocycles. The van der Waals surface area contributed by atoms with Crippen LogP contribution < -0.4 is 15.8 Å². The molecule has 0 unspecified atom stereocenters. The van der Waals surface area contributed by atoms with Crippen LogP contribution in [-0.2, 0) is 6.54 Å². The molecule has 3 aromatic rings. The second kappa shape index (κ2) is 7.53. The Morgan fingerprint density at radius 2 is 1.88 bits per heavy atom. The number of aliphatic imine (C=N–C) groups is 1. The second-order valence-corrected chi connectivity index (χ2v) is 5.52. The number of hydrogen-bond donors (Lipinski definition) is 2. The average Bonchev–Trinajstić information content (AvgIpc) is 2.92. The van der Waals surface area contributed by atoms with E-state index in [0.717, 1.165) is 22.9 Å². The maximum atomic E-state index is 5.93. The van der Waals surface area contributed by atoms with Crippen molar-refractivity contribution in [3.05, 3.63) is 71.9 Å². The van der Waals surface area contributed by atoms with Crippen LogP contribution in [-0.4, -0.2) is 10.9 Å². The summed E-state index contributed by atoms with van der Waals surface area (Å²) in [4.78, 5) is 8.52. The van der Waals surface area contributed by atoms with Gasteiger partial charge in [0.05, 0.1) is 5.69 Å². The van der Waals surface area contributed by atoms with Crippen molar-refractivity contribution in [1.82, 2.24) is 4.98 Å². The summed E-state index contributed by atoms with van der Waals surface area (Å²) >= 11 is 0. The molecule has 0 saturated carbocycles. The van der Waals surface area contributed by atoms with Crippen LogP contribution in [0.3, 0.4) is 0 Å². The number of aromatic nitrogens is 1. The van der Waals surface area contributed by atoms with Gasteiger partial charge in [-0.25, -0.2) is 9.98 Å². The van der Waals surface area contributed by atoms with E-state index in [-0.39, 0.29) is 12.5 Å². The van der Waals surface area contributed by atoms with E-state index < -0.39 is 0 Å². The molecule has 0 radical (unpaired) electrons. The lowest BCUT2D eigenvalue weighted by Gasteiger charge is -2.09. The van der Waals surface area contributed by atoms with Gasteiger partial charge in [0.25, 0.3) is 0 Å². The third kappa shape index (κ3) is 4.60. The first-order valence-corrected chi connectivity index (χ1v) is 7.93. The minimum Gasteiger partial charge on any atom is -0.457 e. The largest absolute Gasteiger partial charge is 0.457 e. The molecule has 1 aromatic heterocycles. The summed E-state index contributed by atoms with van der Waals surface area (Å²) in [5, 5.41) is 3.04. The highest BCUT2D eigenvalue weighted by molar-refractivity contribution is 5.92. The summed E-state index contributed by atoms with van der Waals surface area (Å²) in [7, 11) is 0. The molecule has 0 saturated heterocycles. The molecule has 0 amide bonds. The second-order valence-electron chi connectivity index (χ2n) is 5.52. The summed E-state index contributed by atoms with van der Waals surface area (Å²) in [5.74, 6) is 3.10. The summed E-state index contributed by atoms with van der Waals surface area (Å²) < 4.78 is 11.3. The number of guanidine groups is 1. The van der Waals surface area contributed by atoms with Crippen molar-refractivity contribution in [3.63, 3.8) is 0 Å². The fourth-order valence-electron chi connectivity index (χ4n) is 2.21. The Morgan fingerprint density at radius 3 is 2.60 bits per heavy atom. The van der Waals surface area contributed by atoms with Crippen molar-refractivity contribution in [1.29, 1.82) is 0 Å². The molecule has 0 spiro atoms. The van der Waals surface area contributed by atoms with Gasteiger partial charge in [0, 0.05) is 11.8 Å². The van der Waals surface area contributed by atoms with Gasteiger partial charge in [-0.15, -0.1) is 0 Å². The molecule has 3 rings (SSSR count). The number of oxazole rings is 1. The number of para-hydroxylation sites is 1. The fourth-order valence-corrected chi connectivity index (χ4v) is 2.21. The van der Waals surface area contributed by atoms with Gasteiger partial charge in [-0.3, -0.25) is 0 Å². The zero-order valence-corrected chi connectivity index (χ0v) is 14.2. The van der Waals surface area contributed by atoms with Gasteiger partial charge < -0.3 is 20.2 Å². The number of rotatable bonds is 5. The van der Waals surface area contributed by atoms with Crippen molar-refractivity contribution in [3.8, 4) is 11.5 Å². The maximum absolute atomic E-state index is 5.93. The van der Waals surface area contributed by atoms with Crippen LogP contribution in [0.15, 0.2) is 64.0 Å². The fraction of sp³-hybridized carbons (Fsp3) is 0.158. The van der Waals surface area contributed by atoms with E-state index in [2.05, 4.69) is 15.3 Å². The summed E-state index contributed by atoms with van der Waals surface area (Å²) in [6, 6.07) is 17.1. The van der Waals surface area contributed by atoms with Crippen molar-refractivity contribution in [2.45, 2.75) is 20.4 Å². The number of nitrogens with two attached hydrogens (primary N) is 1. The average molecular weight is 336 g/mol. The van der Waals surface area contributed by atoms with Gasteiger partial charge >= 0.3 is 0 Å². The van der Waals surface area contributed by atoms with E-state index in [4.69, 9.17) is 14.9 Å². The quantitative estimate of drug-likeness (QED) is 0.543. The molecule has 0 fully saturated rings. The highest BCUT2D eigenvalue weighted by atomic mass is 16.5. The Hall–Kier alpha value is -3.28. The van der Waals surface area contributed by atoms with Crippen LogP contribution in [0.1, 0.15) is 17.3 Å². The molecule has 25 heavy (non-hydrogen) atoms. The van der Waals surface area contributed by atoms with Crippen LogP contribution in [0.25, 0.3) is 0 Å². The molecule has 0 aliphatic heterocycles. The first-order chi connectivity index (χ1) is 12.1. The number of nitrogens with zero attached hydrogens (tertiary/aromatic N) is 2. The van der Waals surface area contributed by atoms with E-state index in [1.807, 2.05) is 68.4 Å². The highest BCUT2D eigenvalue weighted by Gasteiger charge is 2.05. The Labute approximate surface area is 146 Å². The van der Waals surface area contributed by atoms with Crippen LogP contribution in [0, 0.1) is 13.8 Å². The van der Waals surface area contributed by atoms with Gasteiger partial charge in [0.1, 0.15) is 23.8 Å². The molecule has 6 nitrogen and oxygen atoms in total. The van der Waals surface area contributed by atoms with Crippen molar-refractivity contribution >= 4 is 11.6 Å². The third-order valence-electron chi connectivity index (χ3n) is 3.54. The van der Waals surface area contributed by atoms with Gasteiger partial charge in [-0.2, -0.15) is 0 Å². The standard InChI is InChI=1S/C19H20N4O2/c1-13-14(2)24-18(22-13)12-21-19(20)23-15-7-6-10-17(11-15)25-16-8-4-3-5-9-16/h3-11H,12H2,1-2H3,(H3,20,21,23). The van der Waals surface area contributed by atoms with Crippen LogP contribution in [0.5, 0.6) is 11.5 Å². The maximum Gasteiger partial charge on any atom is 0.216 e. The van der Waals surface area contributed by atoms with Gasteiger partial charge in [0.15, 0.2) is 5.96 Å². The van der Waals surface area contributed by atoms with Crippen LogP contribution in [0.4, 0.5) is 5.69 Å². The Kier molecular flexibility index (Phi) is 4.99. The minimum absolute atomic E-state index is 0.283. The van der Waals surface area contributed by atoms with E-state index in [1.54, 1.807) is 0 Å². The predicted octanol–water partition coefficient (Wildman–Crippen LogP) is 4.01. The molecule has 1 heterocycles. The molecule has 0 atom stereocenters. The van der Waals surface area contributed by atoms with Gasteiger partial charge in [0.2, 0.25) is 5.89 Å². The molecule has 6 heteroatoms. The lowest BCUT2D eigenvalue weighted by molar-refractivity contribution is 0.473. The molecular weight excluding hydrogens is 316 g/mol. The molecule has 0 aliphatic rings. The zero-order valence-electron chi connectivity index (χ0n) is 14.2. The molecule has 128 valence electrons. The van der Waals surface area contributed by atoms with E-state index >= 15 is 0 Å². The van der Waals surface area contributed by atoms with Crippen molar-refractivity contribution in [2.75, 3.05) is 5.32 Å². The van der Waals surface area contributed by atoms with Crippen molar-refractivity contribution in [2.24, 2.45) is 10.7 Å². The number of nitrogens with one attached hydrogen (secondary N) is 1. The van der Waals surface area contributed by atoms with E-state index in [9.17, 15) is 0 Å². The number of anilines is 1. The predicted molar refractivity (Wildman–Crippen MR) is 97.9 cm³/mol. The normalized spacial score (nSPS) is 11.4. The van der Waals surface area contributed by atoms with Crippen LogP contribution >= 0.6 is 0 Å². The van der Waals surface area contributed by atoms with Gasteiger partial charge in [-0.05, 0) is 38.1 Å². The first-order valence-electron chi connectivity index (χ1n) is 7.93. The zero-order chi connectivity index (χ0) is 17.6. The number of hydrogen-bond acceptors (Lipinski definition) is 4. The van der Waals surface area contributed by atoms with E-state index in [1.165, 1.54) is 0 Å². The third-order valence-corrected chi connectivity index (χ3v) is 3.54. The van der Waals surface area contributed by atoms with Crippen LogP contribution in [0.2, 0.25) is 0 Å². The summed E-state index contributed by atoms with van der Waals surface area (Å²) in [6.45, 7) is 4.05. The summed E-state index contributed by atoms with van der Waals surface area (Å²) in [6.07, 6.45) is 0. The van der Waals surface area contributed by atoms with E-state index in [0.29, 0.717) is 11.6 Å². The van der Waals surface area contributed by atoms with Gasteiger partial charge in [-0.1, -0.05) is 24.3 Å². The molecule has 0 bridgehead atoms. The number of ether oxygens (including phenoxy) is 1. The Morgan fingerprint density at radius 1 is 1.12 bits per heavy atom. The highest BCUT2D eigenvalue weighted by Crippen LogP contribution is 2.23. The SMILES string of the molecule is Cc1nc(CN=C(N)Nc2cccc(Oc3ccccc3)c2)oc1C. The van der Waals surface area contributed by atoms with Crippen molar-refractivity contribution < 1.29 is 9.15 Å². The number of aryl methyl sites for hydroxylation is 2. The number of benzene rings is 2.